The number of fused-ring (bicyclic) bond motifs is 1. The lowest BCUT2D eigenvalue weighted by Gasteiger charge is -2.21. The lowest BCUT2D eigenvalue weighted by atomic mass is 10.1. The van der Waals surface area contributed by atoms with Gasteiger partial charge in [0.25, 0.3) is 0 Å². The van der Waals surface area contributed by atoms with Crippen LogP contribution in [0.3, 0.4) is 0 Å². The summed E-state index contributed by atoms with van der Waals surface area (Å²) in [6.07, 6.45) is 2.11. The lowest BCUT2D eigenvalue weighted by molar-refractivity contribution is 0.171. The Kier molecular flexibility index (Phi) is 4.61. The van der Waals surface area contributed by atoms with Crippen LogP contribution in [0.2, 0.25) is 5.02 Å². The van der Waals surface area contributed by atoms with Gasteiger partial charge in [-0.05, 0) is 45.4 Å². The van der Waals surface area contributed by atoms with E-state index in [1.807, 2.05) is 12.1 Å². The van der Waals surface area contributed by atoms with Gasteiger partial charge in [-0.15, -0.1) is 0 Å². The van der Waals surface area contributed by atoms with Crippen LogP contribution in [0.15, 0.2) is 17.7 Å². The number of hydrogen-bond donors (Lipinski definition) is 1. The molecule has 3 nitrogen and oxygen atoms in total. The number of benzene rings is 1. The second kappa shape index (κ2) is 6.06. The van der Waals surface area contributed by atoms with E-state index < -0.39 is 0 Å². The fourth-order valence-corrected chi connectivity index (χ4v) is 2.23. The molecule has 0 fully saturated rings. The molecule has 1 aliphatic heterocycles. The smallest absolute Gasteiger partial charge is 0.179 e. The van der Waals surface area contributed by atoms with Crippen LogP contribution in [-0.2, 0) is 0 Å². The van der Waals surface area contributed by atoms with Crippen LogP contribution < -0.4 is 14.8 Å². The van der Waals surface area contributed by atoms with E-state index in [0.717, 1.165) is 17.9 Å². The van der Waals surface area contributed by atoms with Crippen LogP contribution in [-0.4, -0.2) is 25.3 Å². The Hall–Kier alpha value is -1.19. The summed E-state index contributed by atoms with van der Waals surface area (Å²) in [4.78, 5) is 0. The molecule has 1 aromatic carbocycles. The lowest BCUT2D eigenvalue weighted by Crippen LogP contribution is -2.36. The fraction of sp³-hybridized carbons (Fsp3) is 0.500. The Morgan fingerprint density at radius 1 is 1.30 bits per heavy atom. The van der Waals surface area contributed by atoms with Gasteiger partial charge in [0.05, 0.1) is 5.02 Å². The normalized spacial score (nSPS) is 15.3. The van der Waals surface area contributed by atoms with Gasteiger partial charge < -0.3 is 14.8 Å². The van der Waals surface area contributed by atoms with Crippen LogP contribution >= 0.6 is 11.6 Å². The summed E-state index contributed by atoms with van der Waals surface area (Å²) in [6.45, 7) is 10.5. The highest BCUT2D eigenvalue weighted by Gasteiger charge is 2.16. The maximum Gasteiger partial charge on any atom is 0.179 e. The molecule has 0 aliphatic carbocycles. The SMILES string of the molecule is CC(=Cc1cc(Cl)c2c(c1)OCCO2)CNC(C)(C)C. The van der Waals surface area contributed by atoms with Gasteiger partial charge >= 0.3 is 0 Å². The van der Waals surface area contributed by atoms with E-state index in [1.165, 1.54) is 5.57 Å². The Balaban J connectivity index is 2.15. The topological polar surface area (TPSA) is 30.5 Å². The molecule has 110 valence electrons. The van der Waals surface area contributed by atoms with Crippen LogP contribution in [0.25, 0.3) is 6.08 Å². The van der Waals surface area contributed by atoms with E-state index in [1.54, 1.807) is 0 Å². The van der Waals surface area contributed by atoms with Crippen molar-refractivity contribution in [1.82, 2.24) is 5.32 Å². The second-order valence-electron chi connectivity index (χ2n) is 6.12. The average Bonchev–Trinajstić information content (AvgIpc) is 2.36. The van der Waals surface area contributed by atoms with E-state index in [-0.39, 0.29) is 5.54 Å². The molecule has 0 saturated heterocycles. The highest BCUT2D eigenvalue weighted by atomic mass is 35.5. The van der Waals surface area contributed by atoms with Gasteiger partial charge in [-0.25, -0.2) is 0 Å². The molecule has 20 heavy (non-hydrogen) atoms. The molecule has 1 heterocycles. The van der Waals surface area contributed by atoms with Crippen LogP contribution in [0.5, 0.6) is 11.5 Å². The average molecular weight is 296 g/mol. The van der Waals surface area contributed by atoms with Crippen molar-refractivity contribution in [2.24, 2.45) is 0 Å². The molecule has 1 N–H and O–H groups in total. The van der Waals surface area contributed by atoms with Crippen molar-refractivity contribution in [2.75, 3.05) is 19.8 Å². The Morgan fingerprint density at radius 2 is 2.00 bits per heavy atom. The molecule has 1 aliphatic rings. The molecule has 0 amide bonds. The zero-order valence-electron chi connectivity index (χ0n) is 12.5. The van der Waals surface area contributed by atoms with E-state index in [2.05, 4.69) is 39.1 Å². The standard InChI is InChI=1S/C16H22ClNO2/c1-11(10-18-16(2,3)4)7-12-8-13(17)15-14(9-12)19-5-6-20-15/h7-9,18H,5-6,10H2,1-4H3. The molecule has 0 spiro atoms. The minimum absolute atomic E-state index is 0.111. The van der Waals surface area contributed by atoms with Crippen molar-refractivity contribution in [3.05, 3.63) is 28.3 Å². The number of ether oxygens (including phenoxy) is 2. The van der Waals surface area contributed by atoms with Gasteiger partial charge in [0.15, 0.2) is 11.5 Å². The minimum atomic E-state index is 0.111. The molecular formula is C16H22ClNO2. The molecular weight excluding hydrogens is 274 g/mol. The summed E-state index contributed by atoms with van der Waals surface area (Å²) in [5.74, 6) is 1.38. The van der Waals surface area contributed by atoms with E-state index in [9.17, 15) is 0 Å². The van der Waals surface area contributed by atoms with Gasteiger partial charge in [0, 0.05) is 12.1 Å². The van der Waals surface area contributed by atoms with Gasteiger partial charge in [-0.3, -0.25) is 0 Å². The predicted octanol–water partition coefficient (Wildman–Crippen LogP) is 3.90. The number of nitrogens with one attached hydrogen (secondary N) is 1. The largest absolute Gasteiger partial charge is 0.486 e. The quantitative estimate of drug-likeness (QED) is 0.917. The third-order valence-electron chi connectivity index (χ3n) is 2.93. The van der Waals surface area contributed by atoms with Crippen molar-refractivity contribution in [3.63, 3.8) is 0 Å². The maximum absolute atomic E-state index is 6.23. The van der Waals surface area contributed by atoms with Crippen LogP contribution in [0.4, 0.5) is 0 Å². The molecule has 0 unspecified atom stereocenters. The zero-order valence-corrected chi connectivity index (χ0v) is 13.3. The maximum atomic E-state index is 6.23. The third kappa shape index (κ3) is 4.15. The van der Waals surface area contributed by atoms with E-state index in [4.69, 9.17) is 21.1 Å². The Bertz CT molecular complexity index is 518. The molecule has 0 aromatic heterocycles. The monoisotopic (exact) mass is 295 g/mol. The number of rotatable bonds is 3. The Labute approximate surface area is 125 Å². The zero-order chi connectivity index (χ0) is 14.8. The first-order valence-electron chi connectivity index (χ1n) is 6.86. The van der Waals surface area contributed by atoms with Crippen molar-refractivity contribution in [1.29, 1.82) is 0 Å². The van der Waals surface area contributed by atoms with Crippen molar-refractivity contribution >= 4 is 17.7 Å². The molecule has 0 atom stereocenters. The summed E-state index contributed by atoms with van der Waals surface area (Å²) in [6, 6.07) is 3.89. The highest BCUT2D eigenvalue weighted by molar-refractivity contribution is 6.32. The van der Waals surface area contributed by atoms with Crippen LogP contribution in [0.1, 0.15) is 33.3 Å². The Morgan fingerprint density at radius 3 is 2.70 bits per heavy atom. The minimum Gasteiger partial charge on any atom is -0.486 e. The molecule has 1 aromatic rings. The summed E-state index contributed by atoms with van der Waals surface area (Å²) < 4.78 is 11.1. The fourth-order valence-electron chi connectivity index (χ4n) is 1.95. The molecule has 0 radical (unpaired) electrons. The van der Waals surface area contributed by atoms with Gasteiger partial charge in [0.2, 0.25) is 0 Å². The van der Waals surface area contributed by atoms with Crippen molar-refractivity contribution in [2.45, 2.75) is 33.2 Å². The number of hydrogen-bond acceptors (Lipinski definition) is 3. The summed E-state index contributed by atoms with van der Waals surface area (Å²) in [5, 5.41) is 4.06. The van der Waals surface area contributed by atoms with Crippen molar-refractivity contribution < 1.29 is 9.47 Å². The number of halogens is 1. The molecule has 2 rings (SSSR count). The highest BCUT2D eigenvalue weighted by Crippen LogP contribution is 2.38. The summed E-state index contributed by atoms with van der Waals surface area (Å²) >= 11 is 6.23. The van der Waals surface area contributed by atoms with E-state index >= 15 is 0 Å². The molecule has 0 bridgehead atoms. The predicted molar refractivity (Wildman–Crippen MR) is 83.8 cm³/mol. The van der Waals surface area contributed by atoms with Gasteiger partial charge in [0.1, 0.15) is 13.2 Å². The second-order valence-corrected chi connectivity index (χ2v) is 6.53. The molecule has 4 heteroatoms. The first-order chi connectivity index (χ1) is 9.35. The van der Waals surface area contributed by atoms with Gasteiger partial charge in [-0.1, -0.05) is 23.3 Å². The molecule has 0 saturated carbocycles. The van der Waals surface area contributed by atoms with Gasteiger partial charge in [-0.2, -0.15) is 0 Å². The van der Waals surface area contributed by atoms with Crippen molar-refractivity contribution in [3.8, 4) is 11.5 Å². The van der Waals surface area contributed by atoms with E-state index in [0.29, 0.717) is 24.0 Å². The first-order valence-corrected chi connectivity index (χ1v) is 7.24. The summed E-state index contributed by atoms with van der Waals surface area (Å²) in [5.41, 5.74) is 2.39. The first kappa shape index (κ1) is 15.2. The van der Waals surface area contributed by atoms with Crippen LogP contribution in [0, 0.1) is 0 Å². The summed E-state index contributed by atoms with van der Waals surface area (Å²) in [7, 11) is 0. The third-order valence-corrected chi connectivity index (χ3v) is 3.21.